The number of carbonyl (C=O) groups is 1. The van der Waals surface area contributed by atoms with Gasteiger partial charge in [-0.05, 0) is 44.5 Å². The van der Waals surface area contributed by atoms with Gasteiger partial charge in [-0.25, -0.2) is 4.98 Å². The lowest BCUT2D eigenvalue weighted by Crippen LogP contribution is -2.19. The molecule has 3 rings (SSSR count). The van der Waals surface area contributed by atoms with Crippen LogP contribution in [0.5, 0.6) is 5.75 Å². The molecule has 3 aromatic rings. The van der Waals surface area contributed by atoms with Gasteiger partial charge in [0, 0.05) is 26.1 Å². The maximum Gasteiger partial charge on any atom is 0.276 e. The highest BCUT2D eigenvalue weighted by Gasteiger charge is 2.20. The summed E-state index contributed by atoms with van der Waals surface area (Å²) in [6, 6.07) is 5.64. The molecule has 154 valence electrons. The third-order valence-corrected chi connectivity index (χ3v) is 4.48. The lowest BCUT2D eigenvalue weighted by Gasteiger charge is -2.12. The Morgan fingerprint density at radius 3 is 2.83 bits per heavy atom. The molecule has 2 heterocycles. The predicted molar refractivity (Wildman–Crippen MR) is 112 cm³/mol. The molecule has 0 bridgehead atoms. The van der Waals surface area contributed by atoms with Gasteiger partial charge in [0.15, 0.2) is 0 Å². The van der Waals surface area contributed by atoms with Crippen LogP contribution >= 0.6 is 0 Å². The Bertz CT molecular complexity index is 1030. The smallest absolute Gasteiger partial charge is 0.276 e. The Hall–Kier alpha value is -3.13. The first-order valence-corrected chi connectivity index (χ1v) is 9.69. The van der Waals surface area contributed by atoms with Crippen LogP contribution in [-0.2, 0) is 13.1 Å². The van der Waals surface area contributed by atoms with Crippen molar-refractivity contribution in [2.24, 2.45) is 0 Å². The number of hydrogen-bond donors (Lipinski definition) is 2. The van der Waals surface area contributed by atoms with Crippen LogP contribution in [0.25, 0.3) is 11.0 Å². The number of fused-ring (bicyclic) bond motifs is 1. The zero-order chi connectivity index (χ0) is 21.0. The number of amides is 1. The molecule has 0 saturated heterocycles. The van der Waals surface area contributed by atoms with Crippen molar-refractivity contribution < 1.29 is 14.6 Å². The first-order chi connectivity index (χ1) is 14.0. The summed E-state index contributed by atoms with van der Waals surface area (Å²) >= 11 is 0. The highest BCUT2D eigenvalue weighted by atomic mass is 16.5. The normalized spacial score (nSPS) is 11.0. The van der Waals surface area contributed by atoms with Crippen molar-refractivity contribution in [3.05, 3.63) is 47.8 Å². The Labute approximate surface area is 169 Å². The van der Waals surface area contributed by atoms with E-state index in [2.05, 4.69) is 22.0 Å². The summed E-state index contributed by atoms with van der Waals surface area (Å²) in [7, 11) is 0. The number of rotatable bonds is 9. The average molecular weight is 397 g/mol. The fourth-order valence-corrected chi connectivity index (χ4v) is 3.26. The fourth-order valence-electron chi connectivity index (χ4n) is 3.26. The van der Waals surface area contributed by atoms with Gasteiger partial charge in [0.05, 0.1) is 17.8 Å². The standard InChI is InChI=1S/C21H27N5O3/c1-5-8-25-19-16(11-14(3)12-18(19)29-10-7-9-27)22-21(25)23-20(28)17-13-15(4)24-26(17)6-2/h5,11-13,27H,1,6-10H2,2-4H3,(H,22,23,28). The molecule has 8 heteroatoms. The molecule has 0 unspecified atom stereocenters. The van der Waals surface area contributed by atoms with E-state index in [4.69, 9.17) is 9.84 Å². The van der Waals surface area contributed by atoms with E-state index in [1.54, 1.807) is 16.8 Å². The van der Waals surface area contributed by atoms with Crippen molar-refractivity contribution in [3.8, 4) is 5.75 Å². The number of allylic oxidation sites excluding steroid dienone is 1. The van der Waals surface area contributed by atoms with Crippen LogP contribution < -0.4 is 10.1 Å². The number of carbonyl (C=O) groups excluding carboxylic acids is 1. The monoisotopic (exact) mass is 397 g/mol. The van der Waals surface area contributed by atoms with Crippen LogP contribution in [0, 0.1) is 13.8 Å². The summed E-state index contributed by atoms with van der Waals surface area (Å²) in [4.78, 5) is 17.5. The molecule has 0 spiro atoms. The van der Waals surface area contributed by atoms with Crippen LogP contribution in [-0.4, -0.2) is 43.6 Å². The average Bonchev–Trinajstić information content (AvgIpc) is 3.22. The minimum atomic E-state index is -0.271. The zero-order valence-corrected chi connectivity index (χ0v) is 17.1. The van der Waals surface area contributed by atoms with Gasteiger partial charge in [-0.2, -0.15) is 5.10 Å². The van der Waals surface area contributed by atoms with Gasteiger partial charge in [0.25, 0.3) is 5.91 Å². The van der Waals surface area contributed by atoms with Gasteiger partial charge in [0.1, 0.15) is 17.0 Å². The van der Waals surface area contributed by atoms with Crippen molar-refractivity contribution in [1.29, 1.82) is 0 Å². The van der Waals surface area contributed by atoms with E-state index < -0.39 is 0 Å². The van der Waals surface area contributed by atoms with Crippen LogP contribution in [0.4, 0.5) is 5.95 Å². The Morgan fingerprint density at radius 1 is 1.34 bits per heavy atom. The lowest BCUT2D eigenvalue weighted by atomic mass is 10.2. The molecular weight excluding hydrogens is 370 g/mol. The van der Waals surface area contributed by atoms with Crippen molar-refractivity contribution in [1.82, 2.24) is 19.3 Å². The molecule has 0 aliphatic rings. The first-order valence-electron chi connectivity index (χ1n) is 9.69. The molecule has 0 saturated carbocycles. The van der Waals surface area contributed by atoms with E-state index in [9.17, 15) is 4.79 Å². The quantitative estimate of drug-likeness (QED) is 0.427. The van der Waals surface area contributed by atoms with E-state index in [0.29, 0.717) is 43.5 Å². The molecular formula is C21H27N5O3. The van der Waals surface area contributed by atoms with E-state index in [1.807, 2.05) is 37.5 Å². The molecule has 8 nitrogen and oxygen atoms in total. The molecule has 1 amide bonds. The maximum absolute atomic E-state index is 12.9. The van der Waals surface area contributed by atoms with Gasteiger partial charge in [-0.15, -0.1) is 6.58 Å². The Kier molecular flexibility index (Phi) is 6.33. The fraction of sp³-hybridized carbons (Fsp3) is 0.381. The number of anilines is 1. The number of nitrogens with zero attached hydrogens (tertiary/aromatic N) is 4. The number of aliphatic hydroxyl groups excluding tert-OH is 1. The number of aryl methyl sites for hydroxylation is 3. The molecule has 2 N–H and O–H groups in total. The Balaban J connectivity index is 2.03. The van der Waals surface area contributed by atoms with E-state index >= 15 is 0 Å². The number of nitrogens with one attached hydrogen (secondary N) is 1. The van der Waals surface area contributed by atoms with Crippen molar-refractivity contribution in [2.75, 3.05) is 18.5 Å². The number of aromatic nitrogens is 4. The van der Waals surface area contributed by atoms with Crippen LogP contribution in [0.3, 0.4) is 0 Å². The van der Waals surface area contributed by atoms with Gasteiger partial charge in [0.2, 0.25) is 5.95 Å². The number of benzene rings is 1. The molecule has 2 aromatic heterocycles. The molecule has 0 radical (unpaired) electrons. The summed E-state index contributed by atoms with van der Waals surface area (Å²) < 4.78 is 9.42. The number of ether oxygens (including phenoxy) is 1. The second kappa shape index (κ2) is 8.91. The number of aliphatic hydroxyl groups is 1. The predicted octanol–water partition coefficient (Wildman–Crippen LogP) is 3.07. The summed E-state index contributed by atoms with van der Waals surface area (Å²) in [5.41, 5.74) is 3.77. The third kappa shape index (κ3) is 4.32. The van der Waals surface area contributed by atoms with Crippen molar-refractivity contribution >= 4 is 22.9 Å². The van der Waals surface area contributed by atoms with Crippen LogP contribution in [0.1, 0.15) is 35.1 Å². The molecule has 0 atom stereocenters. The molecule has 1 aromatic carbocycles. The topological polar surface area (TPSA) is 94.2 Å². The molecule has 29 heavy (non-hydrogen) atoms. The minimum Gasteiger partial charge on any atom is -0.491 e. The summed E-state index contributed by atoms with van der Waals surface area (Å²) in [5.74, 6) is 0.814. The summed E-state index contributed by atoms with van der Waals surface area (Å²) in [5, 5.41) is 16.3. The van der Waals surface area contributed by atoms with Gasteiger partial charge < -0.3 is 14.4 Å². The number of hydrogen-bond acceptors (Lipinski definition) is 5. The zero-order valence-electron chi connectivity index (χ0n) is 17.1. The maximum atomic E-state index is 12.9. The minimum absolute atomic E-state index is 0.0622. The summed E-state index contributed by atoms with van der Waals surface area (Å²) in [6.45, 7) is 11.1. The van der Waals surface area contributed by atoms with Gasteiger partial charge in [-0.1, -0.05) is 6.08 Å². The second-order valence-corrected chi connectivity index (χ2v) is 6.83. The molecule has 0 aliphatic carbocycles. The highest BCUT2D eigenvalue weighted by Crippen LogP contribution is 2.31. The van der Waals surface area contributed by atoms with Gasteiger partial charge in [-0.3, -0.25) is 14.8 Å². The molecule has 0 aliphatic heterocycles. The van der Waals surface area contributed by atoms with E-state index in [0.717, 1.165) is 22.3 Å². The van der Waals surface area contributed by atoms with Crippen LogP contribution in [0.2, 0.25) is 0 Å². The van der Waals surface area contributed by atoms with Crippen LogP contribution in [0.15, 0.2) is 30.9 Å². The largest absolute Gasteiger partial charge is 0.491 e. The highest BCUT2D eigenvalue weighted by molar-refractivity contribution is 6.03. The second-order valence-electron chi connectivity index (χ2n) is 6.83. The summed E-state index contributed by atoms with van der Waals surface area (Å²) in [6.07, 6.45) is 2.28. The first kappa shape index (κ1) is 20.6. The Morgan fingerprint density at radius 2 is 2.14 bits per heavy atom. The lowest BCUT2D eigenvalue weighted by molar-refractivity contribution is 0.101. The number of imidazole rings is 1. The van der Waals surface area contributed by atoms with Gasteiger partial charge >= 0.3 is 0 Å². The van der Waals surface area contributed by atoms with E-state index in [-0.39, 0.29) is 12.5 Å². The van der Waals surface area contributed by atoms with Crippen molar-refractivity contribution in [2.45, 2.75) is 40.3 Å². The molecule has 0 fully saturated rings. The van der Waals surface area contributed by atoms with E-state index in [1.165, 1.54) is 0 Å². The third-order valence-electron chi connectivity index (χ3n) is 4.48. The van der Waals surface area contributed by atoms with Crippen molar-refractivity contribution in [3.63, 3.8) is 0 Å². The SMILES string of the molecule is C=CCn1c(NC(=O)c2cc(C)nn2CC)nc2cc(C)cc(OCCCO)c21.